The molecule has 30 heavy (non-hydrogen) atoms. The number of amides is 2. The number of thioether (sulfide) groups is 1. The summed E-state index contributed by atoms with van der Waals surface area (Å²) in [6.07, 6.45) is 12.1. The highest BCUT2D eigenvalue weighted by Crippen LogP contribution is 2.32. The molecule has 1 aromatic heterocycles. The minimum absolute atomic E-state index is 0.0977. The molecule has 1 atom stereocenters. The summed E-state index contributed by atoms with van der Waals surface area (Å²) < 4.78 is 0. The van der Waals surface area contributed by atoms with E-state index in [-0.39, 0.29) is 17.9 Å². The van der Waals surface area contributed by atoms with Gasteiger partial charge in [-0.15, -0.1) is 11.8 Å². The molecule has 4 rings (SSSR count). The van der Waals surface area contributed by atoms with E-state index in [0.717, 1.165) is 67.6 Å². The number of primary amides is 1. The molecule has 1 saturated carbocycles. The van der Waals surface area contributed by atoms with Crippen LogP contribution in [0.1, 0.15) is 68.1 Å². The van der Waals surface area contributed by atoms with Gasteiger partial charge in [-0.3, -0.25) is 14.5 Å². The lowest BCUT2D eigenvalue weighted by atomic mass is 9.91. The van der Waals surface area contributed by atoms with Gasteiger partial charge in [-0.25, -0.2) is 4.98 Å². The summed E-state index contributed by atoms with van der Waals surface area (Å²) in [5.41, 5.74) is 6.33. The Bertz CT molecular complexity index is 744. The average Bonchev–Trinajstić information content (AvgIpc) is 3.29. The van der Waals surface area contributed by atoms with Gasteiger partial charge in [0.15, 0.2) is 0 Å². The molecule has 3 heterocycles. The number of carbonyl (C=O) groups is 2. The third-order valence-corrected chi connectivity index (χ3v) is 8.26. The van der Waals surface area contributed by atoms with Crippen LogP contribution in [0.5, 0.6) is 0 Å². The zero-order valence-electron chi connectivity index (χ0n) is 17.8. The van der Waals surface area contributed by atoms with Gasteiger partial charge in [0.1, 0.15) is 5.03 Å². The number of rotatable bonds is 6. The van der Waals surface area contributed by atoms with Crippen LogP contribution in [-0.4, -0.2) is 64.1 Å². The van der Waals surface area contributed by atoms with E-state index >= 15 is 0 Å². The molecule has 0 radical (unpaired) electrons. The van der Waals surface area contributed by atoms with Crippen LogP contribution in [0.15, 0.2) is 23.4 Å². The molecule has 2 amide bonds. The molecule has 1 unspecified atom stereocenters. The van der Waals surface area contributed by atoms with Crippen molar-refractivity contribution in [3.8, 4) is 0 Å². The smallest absolute Gasteiger partial charge is 0.256 e. The Kier molecular flexibility index (Phi) is 7.31. The minimum Gasteiger partial charge on any atom is -0.368 e. The number of piperidine rings is 1. The lowest BCUT2D eigenvalue weighted by molar-refractivity contribution is -0.123. The quantitative estimate of drug-likeness (QED) is 0.701. The van der Waals surface area contributed by atoms with Crippen molar-refractivity contribution >= 4 is 23.6 Å². The van der Waals surface area contributed by atoms with E-state index in [4.69, 9.17) is 5.73 Å². The third-order valence-electron chi connectivity index (χ3n) is 7.03. The van der Waals surface area contributed by atoms with Crippen LogP contribution >= 0.6 is 11.8 Å². The summed E-state index contributed by atoms with van der Waals surface area (Å²) in [4.78, 5) is 33.8. The van der Waals surface area contributed by atoms with Crippen molar-refractivity contribution in [1.82, 2.24) is 14.8 Å². The molecule has 6 nitrogen and oxygen atoms in total. The first-order valence-electron chi connectivity index (χ1n) is 11.6. The Labute approximate surface area is 184 Å². The molecule has 2 N–H and O–H groups in total. The minimum atomic E-state index is -0.207. The normalized spacial score (nSPS) is 24.3. The maximum atomic E-state index is 13.3. The number of nitrogens with two attached hydrogens (primary N) is 1. The highest BCUT2D eigenvalue weighted by atomic mass is 32.2. The lowest BCUT2D eigenvalue weighted by Gasteiger charge is -2.38. The molecule has 2 saturated heterocycles. The SMILES string of the molecule is NC(=O)C1CCCN1C1CCN(C(=O)c2cccnc2SCC2CCCCC2)CC1. The van der Waals surface area contributed by atoms with Crippen LogP contribution < -0.4 is 5.73 Å². The maximum Gasteiger partial charge on any atom is 0.256 e. The number of carbonyl (C=O) groups excluding carboxylic acids is 2. The van der Waals surface area contributed by atoms with Crippen molar-refractivity contribution in [2.75, 3.05) is 25.4 Å². The van der Waals surface area contributed by atoms with Crippen LogP contribution in [0.2, 0.25) is 0 Å². The molecule has 0 spiro atoms. The number of pyridine rings is 1. The standard InChI is InChI=1S/C23H34N4O2S/c24-21(28)20-9-5-13-27(20)18-10-14-26(15-11-18)23(29)19-8-4-12-25-22(19)30-16-17-6-2-1-3-7-17/h4,8,12,17-18,20H,1-3,5-7,9-11,13-16H2,(H2,24,28). The second kappa shape index (κ2) is 10.1. The van der Waals surface area contributed by atoms with E-state index in [1.165, 1.54) is 32.1 Å². The van der Waals surface area contributed by atoms with Crippen LogP contribution in [0, 0.1) is 5.92 Å². The van der Waals surface area contributed by atoms with Crippen molar-refractivity contribution in [1.29, 1.82) is 0 Å². The fourth-order valence-corrected chi connectivity index (χ4v) is 6.49. The lowest BCUT2D eigenvalue weighted by Crippen LogP contribution is -2.51. The Hall–Kier alpha value is -1.60. The second-order valence-electron chi connectivity index (χ2n) is 8.99. The first-order valence-corrected chi connectivity index (χ1v) is 12.5. The van der Waals surface area contributed by atoms with Crippen LogP contribution in [0.25, 0.3) is 0 Å². The van der Waals surface area contributed by atoms with Gasteiger partial charge >= 0.3 is 0 Å². The van der Waals surface area contributed by atoms with Crippen molar-refractivity contribution in [2.45, 2.75) is 74.9 Å². The zero-order chi connectivity index (χ0) is 20.9. The monoisotopic (exact) mass is 430 g/mol. The maximum absolute atomic E-state index is 13.3. The highest BCUT2D eigenvalue weighted by molar-refractivity contribution is 7.99. The van der Waals surface area contributed by atoms with Gasteiger partial charge in [0, 0.05) is 31.1 Å². The van der Waals surface area contributed by atoms with E-state index in [1.807, 2.05) is 17.0 Å². The van der Waals surface area contributed by atoms with Gasteiger partial charge < -0.3 is 10.6 Å². The summed E-state index contributed by atoms with van der Waals surface area (Å²) >= 11 is 1.75. The number of hydrogen-bond donors (Lipinski definition) is 1. The van der Waals surface area contributed by atoms with Crippen molar-refractivity contribution in [3.05, 3.63) is 23.9 Å². The Morgan fingerprint density at radius 3 is 2.53 bits per heavy atom. The van der Waals surface area contributed by atoms with Gasteiger partial charge in [-0.05, 0) is 63.1 Å². The van der Waals surface area contributed by atoms with E-state index in [2.05, 4.69) is 9.88 Å². The largest absolute Gasteiger partial charge is 0.368 e. The molecule has 1 aromatic rings. The highest BCUT2D eigenvalue weighted by Gasteiger charge is 2.36. The number of nitrogens with zero attached hydrogens (tertiary/aromatic N) is 3. The van der Waals surface area contributed by atoms with Crippen LogP contribution in [0.4, 0.5) is 0 Å². The molecule has 3 aliphatic rings. The van der Waals surface area contributed by atoms with Crippen molar-refractivity contribution in [3.63, 3.8) is 0 Å². The van der Waals surface area contributed by atoms with E-state index in [1.54, 1.807) is 18.0 Å². The van der Waals surface area contributed by atoms with Gasteiger partial charge in [-0.2, -0.15) is 0 Å². The number of hydrogen-bond acceptors (Lipinski definition) is 5. The summed E-state index contributed by atoms with van der Waals surface area (Å²) in [7, 11) is 0. The first-order chi connectivity index (χ1) is 14.6. The van der Waals surface area contributed by atoms with Crippen LogP contribution in [0.3, 0.4) is 0 Å². The summed E-state index contributed by atoms with van der Waals surface area (Å²) in [5.74, 6) is 1.70. The molecule has 0 aromatic carbocycles. The molecule has 0 bridgehead atoms. The molecule has 164 valence electrons. The summed E-state index contributed by atoms with van der Waals surface area (Å²) in [6, 6.07) is 4.02. The van der Waals surface area contributed by atoms with E-state index in [9.17, 15) is 9.59 Å². The van der Waals surface area contributed by atoms with Gasteiger partial charge in [0.2, 0.25) is 5.91 Å². The van der Waals surface area contributed by atoms with Crippen LogP contribution in [-0.2, 0) is 4.79 Å². The van der Waals surface area contributed by atoms with E-state index in [0.29, 0.717) is 6.04 Å². The molecule has 1 aliphatic carbocycles. The molecule has 7 heteroatoms. The molecular formula is C23H34N4O2S. The topological polar surface area (TPSA) is 79.5 Å². The summed E-state index contributed by atoms with van der Waals surface area (Å²) in [6.45, 7) is 2.40. The Balaban J connectivity index is 1.34. The average molecular weight is 431 g/mol. The molecular weight excluding hydrogens is 396 g/mol. The zero-order valence-corrected chi connectivity index (χ0v) is 18.6. The van der Waals surface area contributed by atoms with Gasteiger partial charge in [-0.1, -0.05) is 19.3 Å². The third kappa shape index (κ3) is 4.99. The number of aromatic nitrogens is 1. The van der Waals surface area contributed by atoms with Gasteiger partial charge in [0.25, 0.3) is 5.91 Å². The Morgan fingerprint density at radius 2 is 1.80 bits per heavy atom. The molecule has 3 fully saturated rings. The van der Waals surface area contributed by atoms with E-state index < -0.39 is 0 Å². The van der Waals surface area contributed by atoms with Crippen molar-refractivity contribution in [2.24, 2.45) is 11.7 Å². The van der Waals surface area contributed by atoms with Gasteiger partial charge in [0.05, 0.1) is 11.6 Å². The predicted octanol–water partition coefficient (Wildman–Crippen LogP) is 3.31. The Morgan fingerprint density at radius 1 is 1.03 bits per heavy atom. The first kappa shape index (κ1) is 21.6. The predicted molar refractivity (Wildman–Crippen MR) is 119 cm³/mol. The second-order valence-corrected chi connectivity index (χ2v) is 10.0. The molecule has 2 aliphatic heterocycles. The number of likely N-dealkylation sites (tertiary alicyclic amines) is 2. The van der Waals surface area contributed by atoms with Crippen molar-refractivity contribution < 1.29 is 9.59 Å². The summed E-state index contributed by atoms with van der Waals surface area (Å²) in [5, 5.41) is 0.878. The fourth-order valence-electron chi connectivity index (χ4n) is 5.32. The fraction of sp³-hybridized carbons (Fsp3) is 0.696.